The van der Waals surface area contributed by atoms with Crippen LogP contribution in [0.15, 0.2) is 30.5 Å². The molecule has 144 valence electrons. The van der Waals surface area contributed by atoms with Gasteiger partial charge in [0, 0.05) is 56.0 Å². The van der Waals surface area contributed by atoms with Crippen LogP contribution < -0.4 is 4.74 Å². The maximum absolute atomic E-state index is 5.53. The second-order valence-corrected chi connectivity index (χ2v) is 7.84. The number of fused-ring (bicyclic) bond motifs is 1. The largest absolute Gasteiger partial charge is 0.494 e. The standard InChI is InChI=1S/C22H30N4O/c1-3-27-20-8-6-17(7-9-20)14-26-12-10-21-19(16-26)13-23-22(24-21)18-5-4-11-25(2)15-18/h6-9,13,18H,3-5,10-12,14-16H2,1-2H3/t18-/m0/s1. The van der Waals surface area contributed by atoms with E-state index in [4.69, 9.17) is 14.7 Å². The number of piperidine rings is 1. The highest BCUT2D eigenvalue weighted by atomic mass is 16.5. The van der Waals surface area contributed by atoms with Crippen molar-refractivity contribution < 1.29 is 4.74 Å². The molecule has 1 aromatic heterocycles. The Balaban J connectivity index is 1.39. The number of likely N-dealkylation sites (tertiary alicyclic amines) is 1. The molecular formula is C22H30N4O. The van der Waals surface area contributed by atoms with E-state index < -0.39 is 0 Å². The van der Waals surface area contributed by atoms with E-state index >= 15 is 0 Å². The van der Waals surface area contributed by atoms with Gasteiger partial charge in [-0.3, -0.25) is 4.90 Å². The number of likely N-dealkylation sites (N-methyl/N-ethyl adjacent to an activating group) is 1. The third kappa shape index (κ3) is 4.47. The van der Waals surface area contributed by atoms with Gasteiger partial charge in [0.15, 0.2) is 0 Å². The summed E-state index contributed by atoms with van der Waals surface area (Å²) in [6.45, 7) is 7.96. The van der Waals surface area contributed by atoms with Gasteiger partial charge in [-0.15, -0.1) is 0 Å². The van der Waals surface area contributed by atoms with Gasteiger partial charge in [0.25, 0.3) is 0 Å². The van der Waals surface area contributed by atoms with Crippen molar-refractivity contribution in [2.75, 3.05) is 33.3 Å². The fraction of sp³-hybridized carbons (Fsp3) is 0.545. The summed E-state index contributed by atoms with van der Waals surface area (Å²) in [7, 11) is 2.20. The van der Waals surface area contributed by atoms with Crippen LogP contribution in [0.4, 0.5) is 0 Å². The van der Waals surface area contributed by atoms with Crippen LogP contribution in [0.3, 0.4) is 0 Å². The van der Waals surface area contributed by atoms with E-state index in [0.717, 1.165) is 44.2 Å². The highest BCUT2D eigenvalue weighted by Gasteiger charge is 2.24. The average Bonchev–Trinajstić information content (AvgIpc) is 2.69. The van der Waals surface area contributed by atoms with Crippen LogP contribution in [0.1, 0.15) is 48.3 Å². The number of nitrogens with zero attached hydrogens (tertiary/aromatic N) is 4. The molecule has 3 heterocycles. The molecule has 1 atom stereocenters. The highest BCUT2D eigenvalue weighted by Crippen LogP contribution is 2.26. The Kier molecular flexibility index (Phi) is 5.69. The summed E-state index contributed by atoms with van der Waals surface area (Å²) in [5.74, 6) is 2.50. The summed E-state index contributed by atoms with van der Waals surface area (Å²) in [4.78, 5) is 14.6. The van der Waals surface area contributed by atoms with Crippen LogP contribution in [0.2, 0.25) is 0 Å². The van der Waals surface area contributed by atoms with Crippen LogP contribution in [0.25, 0.3) is 0 Å². The number of rotatable bonds is 5. The third-order valence-corrected chi connectivity index (χ3v) is 5.66. The summed E-state index contributed by atoms with van der Waals surface area (Å²) < 4.78 is 5.53. The molecule has 0 unspecified atom stereocenters. The van der Waals surface area contributed by atoms with Crippen LogP contribution in [-0.2, 0) is 19.5 Å². The molecule has 27 heavy (non-hydrogen) atoms. The fourth-order valence-electron chi connectivity index (χ4n) is 4.21. The molecule has 0 N–H and O–H groups in total. The lowest BCUT2D eigenvalue weighted by molar-refractivity contribution is 0.236. The van der Waals surface area contributed by atoms with Crippen LogP contribution in [0, 0.1) is 0 Å². The fourth-order valence-corrected chi connectivity index (χ4v) is 4.21. The normalized spacial score (nSPS) is 21.0. The lowest BCUT2D eigenvalue weighted by atomic mass is 9.97. The molecule has 1 saturated heterocycles. The summed E-state index contributed by atoms with van der Waals surface area (Å²) >= 11 is 0. The van der Waals surface area contributed by atoms with Gasteiger partial charge in [-0.25, -0.2) is 9.97 Å². The Bertz CT molecular complexity index is 761. The summed E-state index contributed by atoms with van der Waals surface area (Å²) in [6.07, 6.45) is 5.56. The molecule has 0 aliphatic carbocycles. The van der Waals surface area contributed by atoms with Crippen molar-refractivity contribution in [1.29, 1.82) is 0 Å². The summed E-state index contributed by atoms with van der Waals surface area (Å²) in [5, 5.41) is 0. The summed E-state index contributed by atoms with van der Waals surface area (Å²) in [5.41, 5.74) is 3.88. The monoisotopic (exact) mass is 366 g/mol. The van der Waals surface area contributed by atoms with E-state index in [2.05, 4.69) is 47.3 Å². The first kappa shape index (κ1) is 18.4. The Hall–Kier alpha value is -1.98. The minimum absolute atomic E-state index is 0.496. The highest BCUT2D eigenvalue weighted by molar-refractivity contribution is 5.28. The number of aromatic nitrogens is 2. The van der Waals surface area contributed by atoms with E-state index in [9.17, 15) is 0 Å². The van der Waals surface area contributed by atoms with Gasteiger partial charge in [-0.05, 0) is 51.1 Å². The van der Waals surface area contributed by atoms with Crippen molar-refractivity contribution in [3.8, 4) is 5.75 Å². The van der Waals surface area contributed by atoms with Gasteiger partial charge in [-0.2, -0.15) is 0 Å². The van der Waals surface area contributed by atoms with E-state index in [1.165, 1.54) is 36.2 Å². The van der Waals surface area contributed by atoms with Crippen molar-refractivity contribution in [3.05, 3.63) is 53.1 Å². The van der Waals surface area contributed by atoms with Gasteiger partial charge in [0.2, 0.25) is 0 Å². The molecule has 5 nitrogen and oxygen atoms in total. The molecule has 1 aromatic carbocycles. The molecule has 0 bridgehead atoms. The predicted molar refractivity (Wildman–Crippen MR) is 107 cm³/mol. The first-order valence-corrected chi connectivity index (χ1v) is 10.2. The second-order valence-electron chi connectivity index (χ2n) is 7.84. The second kappa shape index (κ2) is 8.36. The van der Waals surface area contributed by atoms with Crippen molar-refractivity contribution in [2.45, 2.75) is 45.2 Å². The van der Waals surface area contributed by atoms with Gasteiger partial charge in [0.1, 0.15) is 11.6 Å². The molecule has 2 aromatic rings. The number of hydrogen-bond donors (Lipinski definition) is 0. The first-order chi connectivity index (χ1) is 13.2. The Morgan fingerprint density at radius 3 is 2.81 bits per heavy atom. The molecule has 2 aliphatic heterocycles. The topological polar surface area (TPSA) is 41.5 Å². The Morgan fingerprint density at radius 2 is 2.04 bits per heavy atom. The number of ether oxygens (including phenoxy) is 1. The minimum Gasteiger partial charge on any atom is -0.494 e. The molecule has 0 spiro atoms. The van der Waals surface area contributed by atoms with E-state index in [-0.39, 0.29) is 0 Å². The predicted octanol–water partition coefficient (Wildman–Crippen LogP) is 3.24. The molecule has 4 rings (SSSR count). The maximum atomic E-state index is 5.53. The third-order valence-electron chi connectivity index (χ3n) is 5.66. The lowest BCUT2D eigenvalue weighted by Gasteiger charge is -2.31. The molecule has 0 amide bonds. The number of benzene rings is 1. The van der Waals surface area contributed by atoms with E-state index in [1.807, 2.05) is 6.92 Å². The van der Waals surface area contributed by atoms with Gasteiger partial charge < -0.3 is 9.64 Å². The molecule has 5 heteroatoms. The summed E-state index contributed by atoms with van der Waals surface area (Å²) in [6, 6.07) is 8.46. The first-order valence-electron chi connectivity index (χ1n) is 10.2. The van der Waals surface area contributed by atoms with Crippen molar-refractivity contribution in [1.82, 2.24) is 19.8 Å². The molecular weight excluding hydrogens is 336 g/mol. The Labute approximate surface area is 162 Å². The molecule has 2 aliphatic rings. The smallest absolute Gasteiger partial charge is 0.132 e. The number of hydrogen-bond acceptors (Lipinski definition) is 5. The van der Waals surface area contributed by atoms with E-state index in [1.54, 1.807) is 0 Å². The quantitative estimate of drug-likeness (QED) is 0.813. The molecule has 1 fully saturated rings. The van der Waals surface area contributed by atoms with Crippen molar-refractivity contribution in [3.63, 3.8) is 0 Å². The molecule has 0 radical (unpaired) electrons. The van der Waals surface area contributed by atoms with Gasteiger partial charge in [0.05, 0.1) is 6.61 Å². The van der Waals surface area contributed by atoms with Crippen LogP contribution in [-0.4, -0.2) is 53.1 Å². The van der Waals surface area contributed by atoms with Crippen LogP contribution in [0.5, 0.6) is 5.75 Å². The maximum Gasteiger partial charge on any atom is 0.132 e. The molecule has 0 saturated carbocycles. The zero-order valence-electron chi connectivity index (χ0n) is 16.5. The average molecular weight is 367 g/mol. The zero-order chi connectivity index (χ0) is 18.6. The van der Waals surface area contributed by atoms with Crippen LogP contribution >= 0.6 is 0 Å². The zero-order valence-corrected chi connectivity index (χ0v) is 16.5. The van der Waals surface area contributed by atoms with Crippen molar-refractivity contribution in [2.24, 2.45) is 0 Å². The minimum atomic E-state index is 0.496. The van der Waals surface area contributed by atoms with Crippen molar-refractivity contribution >= 4 is 0 Å². The SMILES string of the molecule is CCOc1ccc(CN2CCc3nc([C@H]4CCCN(C)C4)ncc3C2)cc1. The van der Waals surface area contributed by atoms with Gasteiger partial charge >= 0.3 is 0 Å². The van der Waals surface area contributed by atoms with E-state index in [0.29, 0.717) is 12.5 Å². The Morgan fingerprint density at radius 1 is 1.19 bits per heavy atom. The van der Waals surface area contributed by atoms with Gasteiger partial charge in [-0.1, -0.05) is 12.1 Å². The lowest BCUT2D eigenvalue weighted by Crippen LogP contribution is -2.33.